The predicted octanol–water partition coefficient (Wildman–Crippen LogP) is 1.43. The first-order valence-electron chi connectivity index (χ1n) is 11.4. The topological polar surface area (TPSA) is 188 Å². The molecule has 0 amide bonds. The third kappa shape index (κ3) is 11.2. The molecule has 0 heterocycles. The third-order valence-electron chi connectivity index (χ3n) is 4.96. The Labute approximate surface area is 225 Å². The van der Waals surface area contributed by atoms with Crippen LogP contribution in [0.3, 0.4) is 0 Å². The highest BCUT2D eigenvalue weighted by Crippen LogP contribution is 2.13. The highest BCUT2D eigenvalue weighted by atomic mass is 32.2. The van der Waals surface area contributed by atoms with E-state index in [2.05, 4.69) is 6.58 Å². The van der Waals surface area contributed by atoms with Crippen molar-refractivity contribution < 1.29 is 55.6 Å². The van der Waals surface area contributed by atoms with Gasteiger partial charge in [0.05, 0.1) is 34.1 Å². The molecule has 0 unspecified atom stereocenters. The van der Waals surface area contributed by atoms with E-state index in [1.54, 1.807) is 0 Å². The molecule has 0 saturated carbocycles. The average Bonchev–Trinajstić information content (AvgIpc) is 2.83. The molecule has 0 radical (unpaired) electrons. The number of esters is 3. The Hall–Kier alpha value is -3.91. The zero-order valence-electron chi connectivity index (χ0n) is 20.9. The van der Waals surface area contributed by atoms with Gasteiger partial charge in [-0.15, -0.1) is 0 Å². The molecule has 0 fully saturated rings. The van der Waals surface area contributed by atoms with Crippen molar-refractivity contribution in [3.63, 3.8) is 0 Å². The average molecular weight is 585 g/mol. The quantitative estimate of drug-likeness (QED) is 0.185. The Balaban J connectivity index is 1.97. The predicted molar refractivity (Wildman–Crippen MR) is 139 cm³/mol. The van der Waals surface area contributed by atoms with Gasteiger partial charge in [0.1, 0.15) is 30.8 Å². The largest absolute Gasteiger partial charge is 0.508 e. The van der Waals surface area contributed by atoms with Crippen molar-refractivity contribution in [1.29, 1.82) is 0 Å². The summed E-state index contributed by atoms with van der Waals surface area (Å²) in [6, 6.07) is 10.1. The standard InChI is InChI=1S/C25H28O12S2/c1-17(2)23(28)37-22(15-38(31,32)13-11-35-24(29)18-3-7-20(26)8-4-18)16-39(33,34)14-12-36-25(30)19-5-9-21(27)10-6-19/h3-10,22,26-27H,1,11-16H2,2H3. The lowest BCUT2D eigenvalue weighted by Crippen LogP contribution is -2.36. The fourth-order valence-corrected chi connectivity index (χ4v) is 5.65. The van der Waals surface area contributed by atoms with Crippen LogP contribution < -0.4 is 0 Å². The molecule has 0 aromatic heterocycles. The first-order valence-corrected chi connectivity index (χ1v) is 15.0. The van der Waals surface area contributed by atoms with Crippen LogP contribution in [0, 0.1) is 0 Å². The van der Waals surface area contributed by atoms with E-state index in [1.165, 1.54) is 55.5 Å². The van der Waals surface area contributed by atoms with Crippen LogP contribution in [0.5, 0.6) is 11.5 Å². The van der Waals surface area contributed by atoms with Crippen molar-refractivity contribution in [2.24, 2.45) is 0 Å². The summed E-state index contributed by atoms with van der Waals surface area (Å²) < 4.78 is 65.3. The van der Waals surface area contributed by atoms with Crippen molar-refractivity contribution in [1.82, 2.24) is 0 Å². The van der Waals surface area contributed by atoms with Gasteiger partial charge in [0.15, 0.2) is 19.7 Å². The monoisotopic (exact) mass is 584 g/mol. The van der Waals surface area contributed by atoms with Gasteiger partial charge in [0.2, 0.25) is 0 Å². The van der Waals surface area contributed by atoms with E-state index in [4.69, 9.17) is 14.2 Å². The zero-order valence-corrected chi connectivity index (χ0v) is 22.6. The second kappa shape index (κ2) is 13.8. The summed E-state index contributed by atoms with van der Waals surface area (Å²) in [4.78, 5) is 36.1. The summed E-state index contributed by atoms with van der Waals surface area (Å²) in [6.07, 6.45) is -1.61. The van der Waals surface area contributed by atoms with E-state index in [0.717, 1.165) is 0 Å². The molecular weight excluding hydrogens is 556 g/mol. The lowest BCUT2D eigenvalue weighted by Gasteiger charge is -2.18. The number of carbonyl (C=O) groups is 3. The number of aromatic hydroxyl groups is 2. The van der Waals surface area contributed by atoms with E-state index in [0.29, 0.717) is 0 Å². The lowest BCUT2D eigenvalue weighted by molar-refractivity contribution is -0.142. The molecule has 0 spiro atoms. The maximum Gasteiger partial charge on any atom is 0.338 e. The van der Waals surface area contributed by atoms with Crippen LogP contribution >= 0.6 is 0 Å². The van der Waals surface area contributed by atoms with E-state index in [9.17, 15) is 41.4 Å². The van der Waals surface area contributed by atoms with E-state index in [-0.39, 0.29) is 28.2 Å². The first-order chi connectivity index (χ1) is 18.2. The molecule has 0 bridgehead atoms. The summed E-state index contributed by atoms with van der Waals surface area (Å²) >= 11 is 0. The minimum atomic E-state index is -4.08. The molecule has 12 nitrogen and oxygen atoms in total. The number of hydrogen-bond acceptors (Lipinski definition) is 12. The summed E-state index contributed by atoms with van der Waals surface area (Å²) in [7, 11) is -8.15. The molecule has 39 heavy (non-hydrogen) atoms. The van der Waals surface area contributed by atoms with Gasteiger partial charge in [-0.3, -0.25) is 0 Å². The second-order valence-corrected chi connectivity index (χ2v) is 12.9. The molecule has 2 N–H and O–H groups in total. The minimum absolute atomic E-state index is 0.0741. The number of rotatable bonds is 14. The van der Waals surface area contributed by atoms with Crippen LogP contribution in [0.15, 0.2) is 60.7 Å². The summed E-state index contributed by atoms with van der Waals surface area (Å²) in [5, 5.41) is 18.5. The van der Waals surface area contributed by atoms with Crippen molar-refractivity contribution in [3.05, 3.63) is 71.8 Å². The maximum absolute atomic E-state index is 12.6. The van der Waals surface area contributed by atoms with Crippen LogP contribution in [0.2, 0.25) is 0 Å². The molecule has 14 heteroatoms. The Morgan fingerprint density at radius 3 is 1.44 bits per heavy atom. The van der Waals surface area contributed by atoms with Gasteiger partial charge in [-0.25, -0.2) is 31.2 Å². The number of phenols is 2. The zero-order chi connectivity index (χ0) is 29.2. The number of carbonyl (C=O) groups excluding carboxylic acids is 3. The minimum Gasteiger partial charge on any atom is -0.508 e. The summed E-state index contributed by atoms with van der Waals surface area (Å²) in [6.45, 7) is 3.58. The molecular formula is C25H28O12S2. The number of phenolic OH excluding ortho intramolecular Hbond substituents is 2. The van der Waals surface area contributed by atoms with Gasteiger partial charge in [0, 0.05) is 5.57 Å². The molecule has 0 aliphatic rings. The van der Waals surface area contributed by atoms with Gasteiger partial charge < -0.3 is 24.4 Å². The second-order valence-electron chi connectivity index (χ2n) is 8.40. The number of sulfone groups is 2. The van der Waals surface area contributed by atoms with Gasteiger partial charge in [-0.2, -0.15) is 0 Å². The molecule has 2 rings (SSSR count). The van der Waals surface area contributed by atoms with Crippen LogP contribution in [0.1, 0.15) is 27.6 Å². The van der Waals surface area contributed by atoms with E-state index < -0.39 is 79.9 Å². The van der Waals surface area contributed by atoms with Gasteiger partial charge >= 0.3 is 17.9 Å². The van der Waals surface area contributed by atoms with Crippen molar-refractivity contribution in [2.45, 2.75) is 13.0 Å². The number of benzene rings is 2. The molecule has 0 atom stereocenters. The normalized spacial score (nSPS) is 11.5. The van der Waals surface area contributed by atoms with Gasteiger partial charge in [-0.1, -0.05) is 6.58 Å². The Morgan fingerprint density at radius 2 is 1.10 bits per heavy atom. The highest BCUT2D eigenvalue weighted by Gasteiger charge is 2.29. The Bertz CT molecular complexity index is 1300. The van der Waals surface area contributed by atoms with Gasteiger partial charge in [0.25, 0.3) is 0 Å². The molecule has 212 valence electrons. The van der Waals surface area contributed by atoms with Crippen LogP contribution in [0.25, 0.3) is 0 Å². The van der Waals surface area contributed by atoms with Crippen molar-refractivity contribution in [3.8, 4) is 11.5 Å². The first kappa shape index (κ1) is 31.3. The van der Waals surface area contributed by atoms with Crippen LogP contribution in [0.4, 0.5) is 0 Å². The molecule has 2 aromatic rings. The maximum atomic E-state index is 12.6. The Kier molecular flexibility index (Phi) is 11.0. The molecule has 0 saturated heterocycles. The number of hydrogen-bond donors (Lipinski definition) is 2. The van der Waals surface area contributed by atoms with E-state index >= 15 is 0 Å². The van der Waals surface area contributed by atoms with Crippen LogP contribution in [-0.4, -0.2) is 87.3 Å². The Morgan fingerprint density at radius 1 is 0.744 bits per heavy atom. The summed E-state index contributed by atoms with van der Waals surface area (Å²) in [5.74, 6) is -5.93. The molecule has 0 aliphatic carbocycles. The molecule has 0 aliphatic heterocycles. The fraction of sp³-hybridized carbons (Fsp3) is 0.320. The number of ether oxygens (including phenoxy) is 3. The lowest BCUT2D eigenvalue weighted by atomic mass is 10.2. The van der Waals surface area contributed by atoms with Crippen molar-refractivity contribution >= 4 is 37.6 Å². The SMILES string of the molecule is C=C(C)C(=O)OC(CS(=O)(=O)CCOC(=O)c1ccc(O)cc1)CS(=O)(=O)CCOC(=O)c1ccc(O)cc1. The molecule has 2 aromatic carbocycles. The van der Waals surface area contributed by atoms with Gasteiger partial charge in [-0.05, 0) is 55.5 Å². The third-order valence-corrected chi connectivity index (χ3v) is 8.30. The fourth-order valence-electron chi connectivity index (χ4n) is 2.99. The van der Waals surface area contributed by atoms with E-state index in [1.807, 2.05) is 0 Å². The smallest absolute Gasteiger partial charge is 0.338 e. The highest BCUT2D eigenvalue weighted by molar-refractivity contribution is 7.92. The summed E-state index contributed by atoms with van der Waals surface area (Å²) in [5.41, 5.74) is 0.0757. The van der Waals surface area contributed by atoms with Crippen LogP contribution in [-0.2, 0) is 38.7 Å². The van der Waals surface area contributed by atoms with Crippen molar-refractivity contribution in [2.75, 3.05) is 36.2 Å².